The van der Waals surface area contributed by atoms with Gasteiger partial charge >= 0.3 is 6.03 Å². The fourth-order valence-corrected chi connectivity index (χ4v) is 4.93. The van der Waals surface area contributed by atoms with Crippen LogP contribution in [0.25, 0.3) is 0 Å². The molecule has 4 amide bonds. The number of urea groups is 1. The molecule has 1 aromatic carbocycles. The number of anilines is 2. The lowest BCUT2D eigenvalue weighted by Crippen LogP contribution is -2.33. The van der Waals surface area contributed by atoms with Crippen LogP contribution < -0.4 is 15.4 Å². The lowest BCUT2D eigenvalue weighted by molar-refractivity contribution is -0.125. The maximum absolute atomic E-state index is 12.2. The van der Waals surface area contributed by atoms with Gasteiger partial charge in [0.15, 0.2) is 0 Å². The molecule has 1 aliphatic rings. The number of carbonyl (C=O) groups excluding carboxylic acids is 3. The van der Waals surface area contributed by atoms with E-state index in [2.05, 4.69) is 15.4 Å². The molecule has 0 spiro atoms. The lowest BCUT2D eigenvalue weighted by atomic mass is 10.2. The minimum atomic E-state index is -3.74. The average molecular weight is 443 g/mol. The van der Waals surface area contributed by atoms with Crippen LogP contribution in [0.1, 0.15) is 6.42 Å². The molecular weight excluding hydrogens is 428 g/mol. The Hall–Kier alpha value is -2.63. The molecule has 0 saturated carbocycles. The van der Waals surface area contributed by atoms with Crippen molar-refractivity contribution in [2.24, 2.45) is 0 Å². The third kappa shape index (κ3) is 4.80. The zero-order valence-corrected chi connectivity index (χ0v) is 16.7. The summed E-state index contributed by atoms with van der Waals surface area (Å²) in [5.74, 6) is -0.754. The molecule has 0 bridgehead atoms. The second-order valence-corrected chi connectivity index (χ2v) is 9.37. The Morgan fingerprint density at radius 1 is 1.14 bits per heavy atom. The summed E-state index contributed by atoms with van der Waals surface area (Å²) in [5, 5.41) is 4.99. The van der Waals surface area contributed by atoms with E-state index in [9.17, 15) is 22.8 Å². The molecular formula is C16H15ClN4O5S2. The highest BCUT2D eigenvalue weighted by Crippen LogP contribution is 2.27. The normalized spacial score (nSPS) is 14.1. The van der Waals surface area contributed by atoms with Crippen LogP contribution in [0.3, 0.4) is 0 Å². The third-order valence-electron chi connectivity index (χ3n) is 3.73. The van der Waals surface area contributed by atoms with Gasteiger partial charge in [0.05, 0.1) is 10.9 Å². The second-order valence-electron chi connectivity index (χ2n) is 5.74. The Morgan fingerprint density at radius 3 is 2.39 bits per heavy atom. The smallest absolute Gasteiger partial charge is 0.324 e. The maximum atomic E-state index is 12.2. The molecule has 1 saturated heterocycles. The Morgan fingerprint density at radius 2 is 1.82 bits per heavy atom. The van der Waals surface area contributed by atoms with Crippen molar-refractivity contribution < 1.29 is 22.8 Å². The van der Waals surface area contributed by atoms with Crippen LogP contribution in [-0.4, -0.2) is 44.3 Å². The molecule has 3 N–H and O–H groups in total. The van der Waals surface area contributed by atoms with Crippen molar-refractivity contribution in [2.45, 2.75) is 10.6 Å². The van der Waals surface area contributed by atoms with Crippen LogP contribution >= 0.6 is 22.9 Å². The van der Waals surface area contributed by atoms with Gasteiger partial charge in [-0.15, -0.1) is 11.3 Å². The highest BCUT2D eigenvalue weighted by Gasteiger charge is 2.28. The van der Waals surface area contributed by atoms with Crippen LogP contribution in [-0.2, 0) is 19.6 Å². The summed E-state index contributed by atoms with van der Waals surface area (Å²) < 4.78 is 27.4. The van der Waals surface area contributed by atoms with Gasteiger partial charge in [-0.1, -0.05) is 11.6 Å². The minimum absolute atomic E-state index is 0.0161. The van der Waals surface area contributed by atoms with E-state index in [1.54, 1.807) is 0 Å². The first-order valence-corrected chi connectivity index (χ1v) is 10.7. The van der Waals surface area contributed by atoms with Crippen molar-refractivity contribution in [2.75, 3.05) is 23.1 Å². The van der Waals surface area contributed by atoms with E-state index in [0.717, 1.165) is 16.2 Å². The lowest BCUT2D eigenvalue weighted by Gasteiger charge is -2.12. The number of amides is 4. The summed E-state index contributed by atoms with van der Waals surface area (Å²) >= 11 is 6.71. The molecule has 0 radical (unpaired) electrons. The van der Waals surface area contributed by atoms with Crippen molar-refractivity contribution >= 4 is 62.2 Å². The predicted molar refractivity (Wildman–Crippen MR) is 105 cm³/mol. The van der Waals surface area contributed by atoms with Gasteiger partial charge in [-0.05, 0) is 36.4 Å². The molecule has 2 aromatic rings. The fraction of sp³-hybridized carbons (Fsp3) is 0.188. The van der Waals surface area contributed by atoms with E-state index in [-0.39, 0.29) is 35.5 Å². The van der Waals surface area contributed by atoms with Gasteiger partial charge < -0.3 is 10.6 Å². The number of rotatable bonds is 7. The molecule has 0 unspecified atom stereocenters. The number of sulfonamides is 1. The minimum Gasteiger partial charge on any atom is -0.329 e. The highest BCUT2D eigenvalue weighted by molar-refractivity contribution is 7.94. The molecule has 0 atom stereocenters. The van der Waals surface area contributed by atoms with Gasteiger partial charge in [0.25, 0.3) is 10.0 Å². The van der Waals surface area contributed by atoms with E-state index in [1.165, 1.54) is 36.4 Å². The van der Waals surface area contributed by atoms with Crippen molar-refractivity contribution in [1.29, 1.82) is 0 Å². The Bertz CT molecular complexity index is 1000. The standard InChI is InChI=1S/C16H15ClN4O5S2/c17-12-5-6-15(27-12)28(25,26)20-11-3-1-10(2-4-11)19-13(22)7-8-21-14(23)9-18-16(21)24/h1-6,20H,7-9H2,(H,18,24)(H,19,22). The topological polar surface area (TPSA) is 125 Å². The molecule has 3 rings (SSSR count). The fourth-order valence-electron chi connectivity index (χ4n) is 2.39. The van der Waals surface area contributed by atoms with Gasteiger partial charge in [-0.3, -0.25) is 19.2 Å². The summed E-state index contributed by atoms with van der Waals surface area (Å²) in [6.45, 7) is -0.0761. The van der Waals surface area contributed by atoms with Crippen LogP contribution in [0, 0.1) is 0 Å². The van der Waals surface area contributed by atoms with Crippen LogP contribution in [0.2, 0.25) is 4.34 Å². The summed E-state index contributed by atoms with van der Waals surface area (Å²) in [5.41, 5.74) is 0.770. The van der Waals surface area contributed by atoms with Crippen molar-refractivity contribution in [3.63, 3.8) is 0 Å². The molecule has 2 heterocycles. The van der Waals surface area contributed by atoms with E-state index >= 15 is 0 Å². The summed E-state index contributed by atoms with van der Waals surface area (Å²) in [4.78, 5) is 35.8. The van der Waals surface area contributed by atoms with Crippen molar-refractivity contribution in [1.82, 2.24) is 10.2 Å². The van der Waals surface area contributed by atoms with E-state index < -0.39 is 16.1 Å². The molecule has 28 heavy (non-hydrogen) atoms. The van der Waals surface area contributed by atoms with Gasteiger partial charge in [-0.25, -0.2) is 13.2 Å². The summed E-state index contributed by atoms with van der Waals surface area (Å²) in [6, 6.07) is 8.46. The second kappa shape index (κ2) is 8.17. The summed E-state index contributed by atoms with van der Waals surface area (Å²) in [6.07, 6.45) is -0.0489. The molecule has 1 aliphatic heterocycles. The Balaban J connectivity index is 1.55. The zero-order valence-electron chi connectivity index (χ0n) is 14.3. The quantitative estimate of drug-likeness (QED) is 0.566. The van der Waals surface area contributed by atoms with Crippen LogP contribution in [0.4, 0.5) is 16.2 Å². The number of benzene rings is 1. The first-order valence-electron chi connectivity index (χ1n) is 8.01. The van der Waals surface area contributed by atoms with E-state index in [4.69, 9.17) is 11.6 Å². The van der Waals surface area contributed by atoms with Gasteiger partial charge in [0, 0.05) is 24.3 Å². The third-order valence-corrected chi connectivity index (χ3v) is 6.84. The largest absolute Gasteiger partial charge is 0.329 e. The SMILES string of the molecule is O=C(CCN1C(=O)CNC1=O)Nc1ccc(NS(=O)(=O)c2ccc(Cl)s2)cc1. The van der Waals surface area contributed by atoms with Gasteiger partial charge in [0.1, 0.15) is 4.21 Å². The number of halogens is 1. The number of hydrogen-bond donors (Lipinski definition) is 3. The average Bonchev–Trinajstić information content (AvgIpc) is 3.21. The maximum Gasteiger partial charge on any atom is 0.324 e. The highest BCUT2D eigenvalue weighted by atomic mass is 35.5. The number of nitrogens with one attached hydrogen (secondary N) is 3. The van der Waals surface area contributed by atoms with Crippen LogP contribution in [0.5, 0.6) is 0 Å². The molecule has 0 aliphatic carbocycles. The zero-order chi connectivity index (χ0) is 20.3. The monoisotopic (exact) mass is 442 g/mol. The van der Waals surface area contributed by atoms with Crippen LogP contribution in [0.15, 0.2) is 40.6 Å². The number of thiophene rings is 1. The van der Waals surface area contributed by atoms with E-state index in [0.29, 0.717) is 15.7 Å². The van der Waals surface area contributed by atoms with Gasteiger partial charge in [0.2, 0.25) is 11.8 Å². The molecule has 12 heteroatoms. The first-order chi connectivity index (χ1) is 13.2. The number of hydrogen-bond acceptors (Lipinski definition) is 6. The Kier molecular flexibility index (Phi) is 5.87. The van der Waals surface area contributed by atoms with Gasteiger partial charge in [-0.2, -0.15) is 0 Å². The molecule has 9 nitrogen and oxygen atoms in total. The number of imide groups is 1. The molecule has 1 fully saturated rings. The van der Waals surface area contributed by atoms with Crippen molar-refractivity contribution in [3.8, 4) is 0 Å². The predicted octanol–water partition coefficient (Wildman–Crippen LogP) is 2.08. The number of carbonyl (C=O) groups is 3. The molecule has 1 aromatic heterocycles. The van der Waals surface area contributed by atoms with Crippen molar-refractivity contribution in [3.05, 3.63) is 40.7 Å². The summed E-state index contributed by atoms with van der Waals surface area (Å²) in [7, 11) is -3.74. The van der Waals surface area contributed by atoms with E-state index in [1.807, 2.05) is 0 Å². The first kappa shape index (κ1) is 20.1. The molecule has 148 valence electrons. The Labute approximate surface area is 169 Å². The number of nitrogens with zero attached hydrogens (tertiary/aromatic N) is 1.